The highest BCUT2D eigenvalue weighted by molar-refractivity contribution is 5.34. The Kier molecular flexibility index (Phi) is 3.41. The molecule has 0 bridgehead atoms. The largest absolute Gasteiger partial charge is 0.0813 e. The molecule has 0 heterocycles. The molecule has 0 amide bonds. The number of rotatable bonds is 2. The molecular weight excluding hydrogens is 132 g/mol. The summed E-state index contributed by atoms with van der Waals surface area (Å²) in [6.07, 6.45) is 11.2. The molecule has 1 fully saturated rings. The Morgan fingerprint density at radius 1 is 1.00 bits per heavy atom. The molecule has 0 aromatic rings. The first-order valence-electron chi connectivity index (χ1n) is 4.77. The van der Waals surface area contributed by atoms with Gasteiger partial charge in [-0.05, 0) is 43.3 Å². The van der Waals surface area contributed by atoms with Crippen LogP contribution in [0.5, 0.6) is 0 Å². The van der Waals surface area contributed by atoms with Crippen LogP contribution in [-0.2, 0) is 0 Å². The summed E-state index contributed by atoms with van der Waals surface area (Å²) in [7, 11) is 0. The third kappa shape index (κ3) is 2.21. The zero-order valence-corrected chi connectivity index (χ0v) is 7.69. The number of hydrogen-bond acceptors (Lipinski definition) is 0. The lowest BCUT2D eigenvalue weighted by Crippen LogP contribution is -1.78. The highest BCUT2D eigenvalue weighted by atomic mass is 14.2. The molecule has 0 unspecified atom stereocenters. The molecular formula is C11H18. The van der Waals surface area contributed by atoms with Crippen molar-refractivity contribution in [2.45, 2.75) is 46.0 Å². The second-order valence-electron chi connectivity index (χ2n) is 3.13. The van der Waals surface area contributed by atoms with Gasteiger partial charge in [0.15, 0.2) is 0 Å². The van der Waals surface area contributed by atoms with E-state index >= 15 is 0 Å². The van der Waals surface area contributed by atoms with Crippen molar-refractivity contribution < 1.29 is 0 Å². The zero-order valence-electron chi connectivity index (χ0n) is 7.69. The van der Waals surface area contributed by atoms with E-state index < -0.39 is 0 Å². The summed E-state index contributed by atoms with van der Waals surface area (Å²) in [5, 5.41) is 0. The Hall–Kier alpha value is -0.520. The van der Waals surface area contributed by atoms with Crippen molar-refractivity contribution in [1.82, 2.24) is 0 Å². The fourth-order valence-electron chi connectivity index (χ4n) is 1.75. The Labute approximate surface area is 70.0 Å². The molecule has 1 aliphatic rings. The summed E-state index contributed by atoms with van der Waals surface area (Å²) < 4.78 is 0. The first-order chi connectivity index (χ1) is 5.38. The predicted octanol–water partition coefficient (Wildman–Crippen LogP) is 3.84. The first kappa shape index (κ1) is 8.58. The Balaban J connectivity index is 2.65. The molecule has 1 aliphatic carbocycles. The number of allylic oxidation sites excluding steroid dienone is 4. The zero-order chi connectivity index (χ0) is 8.10. The molecule has 0 aromatic heterocycles. The van der Waals surface area contributed by atoms with E-state index in [0.29, 0.717) is 0 Å². The Bertz CT molecular complexity index is 152. The Morgan fingerprint density at radius 2 is 1.45 bits per heavy atom. The van der Waals surface area contributed by atoms with Crippen molar-refractivity contribution in [2.24, 2.45) is 0 Å². The van der Waals surface area contributed by atoms with Crippen LogP contribution in [-0.4, -0.2) is 0 Å². The highest BCUT2D eigenvalue weighted by Gasteiger charge is 2.11. The van der Waals surface area contributed by atoms with Crippen molar-refractivity contribution in [3.05, 3.63) is 23.3 Å². The molecule has 62 valence electrons. The van der Waals surface area contributed by atoms with Crippen LogP contribution < -0.4 is 0 Å². The summed E-state index contributed by atoms with van der Waals surface area (Å²) in [6.45, 7) is 4.43. The molecule has 0 nitrogen and oxygen atoms in total. The maximum atomic E-state index is 2.38. The van der Waals surface area contributed by atoms with Crippen LogP contribution in [0.25, 0.3) is 0 Å². The van der Waals surface area contributed by atoms with E-state index in [1.54, 1.807) is 11.1 Å². The molecule has 0 N–H and O–H groups in total. The van der Waals surface area contributed by atoms with Crippen LogP contribution in [0.1, 0.15) is 46.0 Å². The second-order valence-corrected chi connectivity index (χ2v) is 3.13. The van der Waals surface area contributed by atoms with E-state index in [2.05, 4.69) is 26.0 Å². The molecule has 0 spiro atoms. The standard InChI is InChI=1S/C11H18/c1-3-6-10-8-5-9-11(10)7-4-2/h6-7H,3-5,8-9H2,1-2H3. The minimum absolute atomic E-state index is 1.19. The van der Waals surface area contributed by atoms with Crippen molar-refractivity contribution in [3.8, 4) is 0 Å². The van der Waals surface area contributed by atoms with Gasteiger partial charge in [0.1, 0.15) is 0 Å². The maximum Gasteiger partial charge on any atom is -0.0276 e. The van der Waals surface area contributed by atoms with E-state index in [1.165, 1.54) is 32.1 Å². The fraction of sp³-hybridized carbons (Fsp3) is 0.636. The summed E-state index contributed by atoms with van der Waals surface area (Å²) in [6, 6.07) is 0. The molecule has 0 heteroatoms. The summed E-state index contributed by atoms with van der Waals surface area (Å²) in [5.41, 5.74) is 3.24. The predicted molar refractivity (Wildman–Crippen MR) is 50.6 cm³/mol. The van der Waals surface area contributed by atoms with Gasteiger partial charge in [-0.15, -0.1) is 0 Å². The van der Waals surface area contributed by atoms with Crippen molar-refractivity contribution in [3.63, 3.8) is 0 Å². The van der Waals surface area contributed by atoms with Gasteiger partial charge in [0.25, 0.3) is 0 Å². The summed E-state index contributed by atoms with van der Waals surface area (Å²) >= 11 is 0. The third-order valence-electron chi connectivity index (χ3n) is 2.21. The van der Waals surface area contributed by atoms with Crippen LogP contribution in [0.3, 0.4) is 0 Å². The average Bonchev–Trinajstić information content (AvgIpc) is 2.39. The van der Waals surface area contributed by atoms with Crippen molar-refractivity contribution in [2.75, 3.05) is 0 Å². The lowest BCUT2D eigenvalue weighted by atomic mass is 10.1. The fourth-order valence-corrected chi connectivity index (χ4v) is 1.75. The highest BCUT2D eigenvalue weighted by Crippen LogP contribution is 2.30. The smallest absolute Gasteiger partial charge is 0.0276 e. The quantitative estimate of drug-likeness (QED) is 0.561. The Morgan fingerprint density at radius 3 is 1.82 bits per heavy atom. The van der Waals surface area contributed by atoms with Crippen LogP contribution in [0, 0.1) is 0 Å². The van der Waals surface area contributed by atoms with Gasteiger partial charge in [0.2, 0.25) is 0 Å². The van der Waals surface area contributed by atoms with E-state index in [9.17, 15) is 0 Å². The van der Waals surface area contributed by atoms with Gasteiger partial charge < -0.3 is 0 Å². The van der Waals surface area contributed by atoms with Crippen LogP contribution in [0.2, 0.25) is 0 Å². The van der Waals surface area contributed by atoms with Gasteiger partial charge in [-0.25, -0.2) is 0 Å². The maximum absolute atomic E-state index is 2.38. The summed E-state index contributed by atoms with van der Waals surface area (Å²) in [4.78, 5) is 0. The van der Waals surface area contributed by atoms with E-state index in [-0.39, 0.29) is 0 Å². The normalized spacial score (nSPS) is 25.3. The molecule has 0 saturated heterocycles. The van der Waals surface area contributed by atoms with Gasteiger partial charge in [-0.2, -0.15) is 0 Å². The first-order valence-corrected chi connectivity index (χ1v) is 4.77. The number of hydrogen-bond donors (Lipinski definition) is 0. The van der Waals surface area contributed by atoms with Crippen LogP contribution >= 0.6 is 0 Å². The molecule has 11 heavy (non-hydrogen) atoms. The van der Waals surface area contributed by atoms with Crippen LogP contribution in [0.4, 0.5) is 0 Å². The van der Waals surface area contributed by atoms with Gasteiger partial charge in [-0.1, -0.05) is 26.0 Å². The average molecular weight is 150 g/mol. The minimum Gasteiger partial charge on any atom is -0.0813 e. The lowest BCUT2D eigenvalue weighted by Gasteiger charge is -1.98. The summed E-state index contributed by atoms with van der Waals surface area (Å²) in [5.74, 6) is 0. The van der Waals surface area contributed by atoms with E-state index in [1.807, 2.05) is 0 Å². The van der Waals surface area contributed by atoms with Gasteiger partial charge in [-0.3, -0.25) is 0 Å². The SMILES string of the molecule is CCC=C1CCCC1=CCC. The third-order valence-corrected chi connectivity index (χ3v) is 2.21. The van der Waals surface area contributed by atoms with E-state index in [0.717, 1.165) is 0 Å². The van der Waals surface area contributed by atoms with Gasteiger partial charge >= 0.3 is 0 Å². The molecule has 0 atom stereocenters. The van der Waals surface area contributed by atoms with Crippen molar-refractivity contribution >= 4 is 0 Å². The van der Waals surface area contributed by atoms with Gasteiger partial charge in [0.05, 0.1) is 0 Å². The monoisotopic (exact) mass is 150 g/mol. The molecule has 1 saturated carbocycles. The minimum atomic E-state index is 1.19. The topological polar surface area (TPSA) is 0 Å². The second kappa shape index (κ2) is 4.38. The van der Waals surface area contributed by atoms with Crippen molar-refractivity contribution in [1.29, 1.82) is 0 Å². The molecule has 0 aliphatic heterocycles. The van der Waals surface area contributed by atoms with E-state index in [4.69, 9.17) is 0 Å². The molecule has 1 rings (SSSR count). The molecule has 0 aromatic carbocycles. The molecule has 0 radical (unpaired) electrons. The van der Waals surface area contributed by atoms with Gasteiger partial charge in [0, 0.05) is 0 Å². The lowest BCUT2D eigenvalue weighted by molar-refractivity contribution is 0.928. The van der Waals surface area contributed by atoms with Crippen LogP contribution in [0.15, 0.2) is 23.3 Å².